The van der Waals surface area contributed by atoms with Crippen LogP contribution < -0.4 is 9.47 Å². The normalized spacial score (nSPS) is 15.2. The molecule has 0 atom stereocenters. The molecular formula is C26H25ClN2O2S. The third-order valence-electron chi connectivity index (χ3n) is 5.91. The number of hydrogen-bond acceptors (Lipinski definition) is 5. The average Bonchev–Trinajstić information content (AvgIpc) is 3.24. The van der Waals surface area contributed by atoms with Crippen LogP contribution in [0.1, 0.15) is 24.3 Å². The molecule has 0 amide bonds. The molecule has 3 aromatic carbocycles. The van der Waals surface area contributed by atoms with E-state index < -0.39 is 0 Å². The van der Waals surface area contributed by atoms with Crippen molar-refractivity contribution in [2.45, 2.75) is 18.8 Å². The van der Waals surface area contributed by atoms with E-state index >= 15 is 0 Å². The third-order valence-corrected chi connectivity index (χ3v) is 7.07. The molecule has 5 rings (SSSR count). The molecule has 4 nitrogen and oxygen atoms in total. The highest BCUT2D eigenvalue weighted by atomic mass is 35.5. The smallest absolute Gasteiger partial charge is 0.279 e. The lowest BCUT2D eigenvalue weighted by Crippen LogP contribution is -2.35. The molecule has 164 valence electrons. The van der Waals surface area contributed by atoms with Crippen LogP contribution in [-0.4, -0.2) is 36.1 Å². The van der Waals surface area contributed by atoms with Crippen LogP contribution in [0.15, 0.2) is 72.8 Å². The first kappa shape index (κ1) is 21.3. The van der Waals surface area contributed by atoms with Gasteiger partial charge < -0.3 is 9.47 Å². The van der Waals surface area contributed by atoms with Gasteiger partial charge in [-0.2, -0.15) is 0 Å². The Bertz CT molecular complexity index is 1120. The van der Waals surface area contributed by atoms with Crippen molar-refractivity contribution in [3.8, 4) is 16.7 Å². The Hall–Kier alpha value is -2.60. The van der Waals surface area contributed by atoms with Gasteiger partial charge in [0.2, 0.25) is 0 Å². The summed E-state index contributed by atoms with van der Waals surface area (Å²) in [6, 6.07) is 24.1. The maximum atomic E-state index is 6.01. The minimum atomic E-state index is 0.632. The zero-order valence-corrected chi connectivity index (χ0v) is 19.3. The van der Waals surface area contributed by atoms with Crippen molar-refractivity contribution < 1.29 is 9.47 Å². The van der Waals surface area contributed by atoms with Gasteiger partial charge in [0, 0.05) is 11.6 Å². The van der Waals surface area contributed by atoms with E-state index in [1.807, 2.05) is 54.6 Å². The molecule has 2 heterocycles. The predicted molar refractivity (Wildman–Crippen MR) is 131 cm³/mol. The first-order chi connectivity index (χ1) is 15.7. The van der Waals surface area contributed by atoms with Crippen LogP contribution in [-0.2, 0) is 0 Å². The summed E-state index contributed by atoms with van der Waals surface area (Å²) in [5, 5.41) is 1.46. The number of aromatic nitrogens is 1. The van der Waals surface area contributed by atoms with Gasteiger partial charge in [-0.15, -0.1) is 0 Å². The fraction of sp³-hybridized carbons (Fsp3) is 0.269. The fourth-order valence-corrected chi connectivity index (χ4v) is 5.08. The van der Waals surface area contributed by atoms with Crippen LogP contribution in [0.3, 0.4) is 0 Å². The maximum Gasteiger partial charge on any atom is 0.279 e. The van der Waals surface area contributed by atoms with Gasteiger partial charge in [0.15, 0.2) is 0 Å². The molecule has 0 saturated carbocycles. The second-order valence-electron chi connectivity index (χ2n) is 8.04. The monoisotopic (exact) mass is 464 g/mol. The lowest BCUT2D eigenvalue weighted by molar-refractivity contribution is 0.173. The number of fused-ring (bicyclic) bond motifs is 1. The van der Waals surface area contributed by atoms with E-state index in [-0.39, 0.29) is 0 Å². The second-order valence-corrected chi connectivity index (χ2v) is 9.47. The molecule has 0 N–H and O–H groups in total. The van der Waals surface area contributed by atoms with Gasteiger partial charge >= 0.3 is 0 Å². The Morgan fingerprint density at radius 3 is 2.38 bits per heavy atom. The van der Waals surface area contributed by atoms with Gasteiger partial charge in [0.1, 0.15) is 18.1 Å². The summed E-state index contributed by atoms with van der Waals surface area (Å²) in [4.78, 5) is 7.00. The fourth-order valence-electron chi connectivity index (χ4n) is 4.12. The number of hydrogen-bond donors (Lipinski definition) is 0. The zero-order valence-electron chi connectivity index (χ0n) is 17.7. The van der Waals surface area contributed by atoms with Crippen molar-refractivity contribution in [3.63, 3.8) is 0 Å². The Labute approximate surface area is 197 Å². The predicted octanol–water partition coefficient (Wildman–Crippen LogP) is 7.00. The molecule has 1 aliphatic rings. The van der Waals surface area contributed by atoms with E-state index in [9.17, 15) is 0 Å². The van der Waals surface area contributed by atoms with Gasteiger partial charge in [-0.05, 0) is 85.9 Å². The number of benzene rings is 3. The van der Waals surface area contributed by atoms with E-state index in [0.717, 1.165) is 46.4 Å². The van der Waals surface area contributed by atoms with Gasteiger partial charge in [-0.25, -0.2) is 4.98 Å². The minimum Gasteiger partial charge on any atom is -0.492 e. The summed E-state index contributed by atoms with van der Waals surface area (Å²) in [6.07, 6.45) is 2.36. The third kappa shape index (κ3) is 5.23. The summed E-state index contributed by atoms with van der Waals surface area (Å²) < 4.78 is 13.0. The molecule has 4 aromatic rings. The Kier molecular flexibility index (Phi) is 6.58. The van der Waals surface area contributed by atoms with Crippen LogP contribution >= 0.6 is 22.9 Å². The van der Waals surface area contributed by atoms with E-state index in [0.29, 0.717) is 17.7 Å². The summed E-state index contributed by atoms with van der Waals surface area (Å²) >= 11 is 7.56. The van der Waals surface area contributed by atoms with E-state index in [2.05, 4.69) is 28.1 Å². The first-order valence-corrected chi connectivity index (χ1v) is 12.2. The Morgan fingerprint density at radius 2 is 1.62 bits per heavy atom. The SMILES string of the molecule is Clc1ccc(C2CCN(CCOc3ccc(Oc4nc5ccccc5s4)cc3)CC2)cc1. The number of para-hydroxylation sites is 1. The van der Waals surface area contributed by atoms with Crippen LogP contribution in [0.25, 0.3) is 10.2 Å². The van der Waals surface area contributed by atoms with Gasteiger partial charge in [0.05, 0.1) is 10.2 Å². The highest BCUT2D eigenvalue weighted by molar-refractivity contribution is 7.20. The summed E-state index contributed by atoms with van der Waals surface area (Å²) in [5.74, 6) is 2.26. The highest BCUT2D eigenvalue weighted by Gasteiger charge is 2.20. The minimum absolute atomic E-state index is 0.632. The summed E-state index contributed by atoms with van der Waals surface area (Å²) in [7, 11) is 0. The molecule has 6 heteroatoms. The lowest BCUT2D eigenvalue weighted by atomic mass is 9.89. The second kappa shape index (κ2) is 9.90. The van der Waals surface area contributed by atoms with E-state index in [1.165, 1.54) is 18.4 Å². The van der Waals surface area contributed by atoms with Crippen LogP contribution in [0.2, 0.25) is 5.02 Å². The zero-order chi connectivity index (χ0) is 21.8. The van der Waals surface area contributed by atoms with E-state index in [1.54, 1.807) is 11.3 Å². The summed E-state index contributed by atoms with van der Waals surface area (Å²) in [6.45, 7) is 3.83. The summed E-state index contributed by atoms with van der Waals surface area (Å²) in [5.41, 5.74) is 2.36. The number of nitrogens with zero attached hydrogens (tertiary/aromatic N) is 2. The molecule has 32 heavy (non-hydrogen) atoms. The molecule has 0 bridgehead atoms. The average molecular weight is 465 g/mol. The van der Waals surface area contributed by atoms with Gasteiger partial charge in [-0.3, -0.25) is 4.90 Å². The van der Waals surface area contributed by atoms with Crippen LogP contribution in [0.5, 0.6) is 16.7 Å². The Morgan fingerprint density at radius 1 is 0.906 bits per heavy atom. The number of ether oxygens (including phenoxy) is 2. The van der Waals surface area contributed by atoms with Crippen molar-refractivity contribution in [2.75, 3.05) is 26.2 Å². The Balaban J connectivity index is 1.06. The molecule has 0 aliphatic carbocycles. The van der Waals surface area contributed by atoms with Crippen molar-refractivity contribution >= 4 is 33.2 Å². The number of halogens is 1. The van der Waals surface area contributed by atoms with Crippen LogP contribution in [0.4, 0.5) is 0 Å². The molecule has 1 saturated heterocycles. The molecule has 0 radical (unpaired) electrons. The van der Waals surface area contributed by atoms with Crippen molar-refractivity contribution in [1.82, 2.24) is 9.88 Å². The first-order valence-electron chi connectivity index (χ1n) is 11.0. The van der Waals surface area contributed by atoms with Crippen molar-refractivity contribution in [2.24, 2.45) is 0 Å². The maximum absolute atomic E-state index is 6.01. The van der Waals surface area contributed by atoms with Gasteiger partial charge in [-0.1, -0.05) is 47.2 Å². The van der Waals surface area contributed by atoms with Crippen molar-refractivity contribution in [1.29, 1.82) is 0 Å². The van der Waals surface area contributed by atoms with Crippen molar-refractivity contribution in [3.05, 3.63) is 83.4 Å². The number of thiazole rings is 1. The van der Waals surface area contributed by atoms with E-state index in [4.69, 9.17) is 21.1 Å². The number of likely N-dealkylation sites (tertiary alicyclic amines) is 1. The quantitative estimate of drug-likeness (QED) is 0.295. The standard InChI is InChI=1S/C26H25ClN2O2S/c27-21-7-5-19(6-8-21)20-13-15-29(16-14-20)17-18-30-22-9-11-23(12-10-22)31-26-28-24-3-1-2-4-25(24)32-26/h1-12,20H,13-18H2. The molecular weight excluding hydrogens is 440 g/mol. The largest absolute Gasteiger partial charge is 0.492 e. The number of rotatable bonds is 7. The van der Waals surface area contributed by atoms with Crippen LogP contribution in [0, 0.1) is 0 Å². The molecule has 0 unspecified atom stereocenters. The van der Waals surface area contributed by atoms with Gasteiger partial charge in [0.25, 0.3) is 5.19 Å². The molecule has 1 aliphatic heterocycles. The lowest BCUT2D eigenvalue weighted by Gasteiger charge is -2.32. The highest BCUT2D eigenvalue weighted by Crippen LogP contribution is 2.32. The molecule has 1 aromatic heterocycles. The number of piperidine rings is 1. The molecule has 1 fully saturated rings. The molecule has 0 spiro atoms. The topological polar surface area (TPSA) is 34.6 Å².